The highest BCUT2D eigenvalue weighted by molar-refractivity contribution is 5.95. The first kappa shape index (κ1) is 19.9. The highest BCUT2D eigenvalue weighted by Crippen LogP contribution is 2.23. The Labute approximate surface area is 185 Å². The molecule has 7 heteroatoms. The van der Waals surface area contributed by atoms with E-state index in [0.717, 1.165) is 12.0 Å². The minimum atomic E-state index is -0.255. The Bertz CT molecular complexity index is 1340. The third-order valence-electron chi connectivity index (χ3n) is 5.79. The van der Waals surface area contributed by atoms with Crippen LogP contribution in [0, 0.1) is 6.92 Å². The SMILES string of the molecule is Cc1cc(=O)[nH]c(-n2ncc(C(=O)N3CCc4ccccc4C3)c2Cc2ccccc2)n1. The number of rotatable bonds is 4. The molecule has 0 fully saturated rings. The zero-order chi connectivity index (χ0) is 22.1. The summed E-state index contributed by atoms with van der Waals surface area (Å²) in [6.07, 6.45) is 2.91. The number of fused-ring (bicyclic) bond motifs is 1. The number of carbonyl (C=O) groups excluding carboxylic acids is 1. The molecule has 0 radical (unpaired) electrons. The van der Waals surface area contributed by atoms with Gasteiger partial charge in [0, 0.05) is 31.3 Å². The quantitative estimate of drug-likeness (QED) is 0.545. The van der Waals surface area contributed by atoms with Gasteiger partial charge in [0.1, 0.15) is 0 Å². The number of amides is 1. The number of nitrogens with zero attached hydrogens (tertiary/aromatic N) is 4. The van der Waals surface area contributed by atoms with Gasteiger partial charge in [-0.3, -0.25) is 14.6 Å². The van der Waals surface area contributed by atoms with Gasteiger partial charge in [0.05, 0.1) is 17.5 Å². The average molecular weight is 425 g/mol. The number of hydrogen-bond acceptors (Lipinski definition) is 4. The van der Waals surface area contributed by atoms with E-state index in [1.165, 1.54) is 17.2 Å². The number of aromatic nitrogens is 4. The third-order valence-corrected chi connectivity index (χ3v) is 5.79. The molecule has 0 spiro atoms. The summed E-state index contributed by atoms with van der Waals surface area (Å²) >= 11 is 0. The van der Waals surface area contributed by atoms with E-state index in [0.29, 0.717) is 42.4 Å². The number of benzene rings is 2. The molecular weight excluding hydrogens is 402 g/mol. The third kappa shape index (κ3) is 3.85. The number of aromatic amines is 1. The van der Waals surface area contributed by atoms with Crippen molar-refractivity contribution in [1.29, 1.82) is 0 Å². The van der Waals surface area contributed by atoms with Gasteiger partial charge in [-0.15, -0.1) is 0 Å². The summed E-state index contributed by atoms with van der Waals surface area (Å²) in [6, 6.07) is 19.6. The number of aryl methyl sites for hydroxylation is 1. The average Bonchev–Trinajstić information content (AvgIpc) is 3.21. The van der Waals surface area contributed by atoms with Gasteiger partial charge >= 0.3 is 0 Å². The van der Waals surface area contributed by atoms with Crippen LogP contribution in [0.4, 0.5) is 0 Å². The maximum atomic E-state index is 13.6. The molecule has 7 nitrogen and oxygen atoms in total. The molecule has 0 atom stereocenters. The topological polar surface area (TPSA) is 83.9 Å². The molecule has 4 aromatic rings. The van der Waals surface area contributed by atoms with Crippen molar-refractivity contribution in [3.63, 3.8) is 0 Å². The fourth-order valence-corrected chi connectivity index (χ4v) is 4.20. The number of H-pyrrole nitrogens is 1. The maximum absolute atomic E-state index is 13.6. The van der Waals surface area contributed by atoms with E-state index in [4.69, 9.17) is 0 Å². The zero-order valence-corrected chi connectivity index (χ0v) is 17.8. The molecule has 3 heterocycles. The fourth-order valence-electron chi connectivity index (χ4n) is 4.20. The van der Waals surface area contributed by atoms with Crippen LogP contribution in [0.15, 0.2) is 71.7 Å². The number of nitrogens with one attached hydrogen (secondary N) is 1. The van der Waals surface area contributed by atoms with E-state index in [2.05, 4.69) is 27.2 Å². The van der Waals surface area contributed by atoms with Crippen molar-refractivity contribution >= 4 is 5.91 Å². The van der Waals surface area contributed by atoms with Crippen molar-refractivity contribution < 1.29 is 4.79 Å². The van der Waals surface area contributed by atoms with Gasteiger partial charge in [-0.1, -0.05) is 54.6 Å². The maximum Gasteiger partial charge on any atom is 0.257 e. The molecule has 160 valence electrons. The predicted molar refractivity (Wildman–Crippen MR) is 121 cm³/mol. The summed E-state index contributed by atoms with van der Waals surface area (Å²) < 4.78 is 1.58. The lowest BCUT2D eigenvalue weighted by atomic mass is 9.99. The van der Waals surface area contributed by atoms with Gasteiger partial charge < -0.3 is 4.90 Å². The first-order valence-electron chi connectivity index (χ1n) is 10.6. The van der Waals surface area contributed by atoms with Crippen molar-refractivity contribution in [2.75, 3.05) is 6.54 Å². The van der Waals surface area contributed by atoms with Gasteiger partial charge in [-0.05, 0) is 30.0 Å². The van der Waals surface area contributed by atoms with E-state index in [1.807, 2.05) is 47.4 Å². The zero-order valence-electron chi connectivity index (χ0n) is 17.8. The summed E-state index contributed by atoms with van der Waals surface area (Å²) in [7, 11) is 0. The minimum absolute atomic E-state index is 0.0633. The fraction of sp³-hybridized carbons (Fsp3) is 0.200. The van der Waals surface area contributed by atoms with Crippen molar-refractivity contribution in [3.8, 4) is 5.95 Å². The van der Waals surface area contributed by atoms with Crippen LogP contribution in [0.25, 0.3) is 5.95 Å². The second-order valence-corrected chi connectivity index (χ2v) is 8.03. The lowest BCUT2D eigenvalue weighted by Crippen LogP contribution is -2.36. The van der Waals surface area contributed by atoms with Gasteiger partial charge in [-0.2, -0.15) is 5.10 Å². The van der Waals surface area contributed by atoms with E-state index in [9.17, 15) is 9.59 Å². The smallest absolute Gasteiger partial charge is 0.257 e. The minimum Gasteiger partial charge on any atom is -0.334 e. The van der Waals surface area contributed by atoms with Crippen LogP contribution in [0.1, 0.15) is 38.4 Å². The predicted octanol–water partition coefficient (Wildman–Crippen LogP) is 3.05. The molecule has 0 saturated heterocycles. The number of hydrogen-bond donors (Lipinski definition) is 1. The molecule has 0 bridgehead atoms. The Hall–Kier alpha value is -4.00. The second kappa shape index (κ2) is 8.26. The molecule has 1 N–H and O–H groups in total. The largest absolute Gasteiger partial charge is 0.334 e. The highest BCUT2D eigenvalue weighted by Gasteiger charge is 2.26. The van der Waals surface area contributed by atoms with Gasteiger partial charge in [0.25, 0.3) is 11.5 Å². The Morgan fingerprint density at radius 2 is 1.81 bits per heavy atom. The van der Waals surface area contributed by atoms with Crippen molar-refractivity contribution in [2.45, 2.75) is 26.3 Å². The van der Waals surface area contributed by atoms with Crippen LogP contribution in [0.2, 0.25) is 0 Å². The lowest BCUT2D eigenvalue weighted by molar-refractivity contribution is 0.0733. The molecular formula is C25H23N5O2. The Balaban J connectivity index is 1.55. The van der Waals surface area contributed by atoms with Crippen molar-refractivity contribution in [1.82, 2.24) is 24.6 Å². The van der Waals surface area contributed by atoms with Crippen molar-refractivity contribution in [2.24, 2.45) is 0 Å². The first-order valence-corrected chi connectivity index (χ1v) is 10.6. The van der Waals surface area contributed by atoms with E-state index < -0.39 is 0 Å². The summed E-state index contributed by atoms with van der Waals surface area (Å²) in [5.74, 6) is 0.246. The summed E-state index contributed by atoms with van der Waals surface area (Å²) in [5, 5.41) is 4.46. The Morgan fingerprint density at radius 1 is 1.06 bits per heavy atom. The molecule has 1 aliphatic rings. The van der Waals surface area contributed by atoms with Crippen LogP contribution < -0.4 is 5.56 Å². The molecule has 5 rings (SSSR count). The van der Waals surface area contributed by atoms with Crippen LogP contribution >= 0.6 is 0 Å². The lowest BCUT2D eigenvalue weighted by Gasteiger charge is -2.29. The van der Waals surface area contributed by atoms with Crippen LogP contribution in [-0.4, -0.2) is 37.1 Å². The van der Waals surface area contributed by atoms with Crippen LogP contribution in [-0.2, 0) is 19.4 Å². The molecule has 1 aliphatic heterocycles. The van der Waals surface area contributed by atoms with Gasteiger partial charge in [0.2, 0.25) is 5.95 Å². The second-order valence-electron chi connectivity index (χ2n) is 8.03. The molecule has 1 amide bonds. The standard InChI is InChI=1S/C25H23N5O2/c1-17-13-23(31)28-25(27-17)30-22(14-18-7-3-2-4-8-18)21(15-26-30)24(32)29-12-11-19-9-5-6-10-20(19)16-29/h2-10,13,15H,11-12,14,16H2,1H3,(H,27,28,31). The molecule has 32 heavy (non-hydrogen) atoms. The summed E-state index contributed by atoms with van der Waals surface area (Å²) in [4.78, 5) is 34.7. The van der Waals surface area contributed by atoms with Crippen LogP contribution in [0.5, 0.6) is 0 Å². The van der Waals surface area contributed by atoms with E-state index >= 15 is 0 Å². The normalized spacial score (nSPS) is 13.1. The molecule has 0 aliphatic carbocycles. The molecule has 2 aromatic carbocycles. The molecule has 0 unspecified atom stereocenters. The van der Waals surface area contributed by atoms with E-state index in [-0.39, 0.29) is 11.5 Å². The summed E-state index contributed by atoms with van der Waals surface area (Å²) in [5.41, 5.74) is 5.07. The summed E-state index contributed by atoms with van der Waals surface area (Å²) in [6.45, 7) is 2.99. The van der Waals surface area contributed by atoms with Crippen LogP contribution in [0.3, 0.4) is 0 Å². The monoisotopic (exact) mass is 425 g/mol. The highest BCUT2D eigenvalue weighted by atomic mass is 16.2. The Kier molecular flexibility index (Phi) is 5.15. The molecule has 2 aromatic heterocycles. The first-order chi connectivity index (χ1) is 15.6. The van der Waals surface area contributed by atoms with Gasteiger partial charge in [0.15, 0.2) is 0 Å². The van der Waals surface area contributed by atoms with E-state index in [1.54, 1.807) is 17.8 Å². The Morgan fingerprint density at radius 3 is 2.59 bits per heavy atom. The van der Waals surface area contributed by atoms with Crippen molar-refractivity contribution in [3.05, 3.63) is 111 Å². The molecule has 0 saturated carbocycles. The van der Waals surface area contributed by atoms with Gasteiger partial charge in [-0.25, -0.2) is 9.67 Å². The number of carbonyl (C=O) groups is 1.